The summed E-state index contributed by atoms with van der Waals surface area (Å²) in [6.07, 6.45) is 1.69. The predicted molar refractivity (Wildman–Crippen MR) is 97.6 cm³/mol. The van der Waals surface area contributed by atoms with E-state index < -0.39 is 29.5 Å². The lowest BCUT2D eigenvalue weighted by molar-refractivity contribution is -0.145. The first-order valence-electron chi connectivity index (χ1n) is 9.97. The van der Waals surface area contributed by atoms with Gasteiger partial charge in [0.05, 0.1) is 30.6 Å². The van der Waals surface area contributed by atoms with E-state index in [1.165, 1.54) is 4.90 Å². The second-order valence-corrected chi connectivity index (χ2v) is 8.29. The van der Waals surface area contributed by atoms with Crippen molar-refractivity contribution in [3.63, 3.8) is 0 Å². The third-order valence-corrected chi connectivity index (χ3v) is 6.01. The molecular weight excluding hydrogens is 350 g/mol. The minimum Gasteiger partial charge on any atom is -0.394 e. The van der Waals surface area contributed by atoms with Gasteiger partial charge in [-0.25, -0.2) is 0 Å². The van der Waals surface area contributed by atoms with Gasteiger partial charge in [0.15, 0.2) is 0 Å². The summed E-state index contributed by atoms with van der Waals surface area (Å²) < 4.78 is 6.24. The van der Waals surface area contributed by atoms with Crippen molar-refractivity contribution in [3.8, 4) is 0 Å². The Bertz CT molecular complexity index is 624. The Morgan fingerprint density at radius 2 is 2.04 bits per heavy atom. The molecule has 0 aliphatic carbocycles. The fraction of sp³-hybridized carbons (Fsp3) is 0.842. The summed E-state index contributed by atoms with van der Waals surface area (Å²) in [5.74, 6) is -1.98. The molecule has 0 saturated carbocycles. The molecule has 3 N–H and O–H groups in total. The van der Waals surface area contributed by atoms with Crippen LogP contribution in [0.15, 0.2) is 0 Å². The van der Waals surface area contributed by atoms with Gasteiger partial charge in [0.2, 0.25) is 17.7 Å². The van der Waals surface area contributed by atoms with E-state index in [1.807, 2.05) is 20.8 Å². The van der Waals surface area contributed by atoms with E-state index in [0.29, 0.717) is 19.4 Å². The molecule has 152 valence electrons. The third kappa shape index (κ3) is 3.02. The molecule has 0 radical (unpaired) electrons. The largest absolute Gasteiger partial charge is 0.394 e. The van der Waals surface area contributed by atoms with Gasteiger partial charge in [-0.05, 0) is 40.0 Å². The number of rotatable bonds is 7. The zero-order chi connectivity index (χ0) is 19.9. The van der Waals surface area contributed by atoms with Gasteiger partial charge in [0, 0.05) is 12.6 Å². The van der Waals surface area contributed by atoms with Crippen LogP contribution in [0.25, 0.3) is 0 Å². The van der Waals surface area contributed by atoms with E-state index in [-0.39, 0.29) is 36.5 Å². The molecule has 8 heteroatoms. The molecule has 3 aliphatic rings. The van der Waals surface area contributed by atoms with E-state index in [4.69, 9.17) is 4.74 Å². The van der Waals surface area contributed by atoms with Crippen LogP contribution in [0.5, 0.6) is 0 Å². The standard InChI is InChI=1S/C19H31N3O5/c1-5-8-20-16(24)13-12-6-7-19(27-12)14(13)18(26)22(11(4)9-23)15(19)17(25)21-10(2)3/h10-15,23H,5-9H2,1-4H3,(H,20,24)(H,21,25)/t11-,12-,13+,14+,15?,19?/m1/s1. The van der Waals surface area contributed by atoms with E-state index in [1.54, 1.807) is 6.92 Å². The Morgan fingerprint density at radius 3 is 2.63 bits per heavy atom. The highest BCUT2D eigenvalue weighted by atomic mass is 16.5. The van der Waals surface area contributed by atoms with Crippen molar-refractivity contribution in [2.75, 3.05) is 13.2 Å². The Kier molecular flexibility index (Phi) is 5.49. The molecule has 3 amide bonds. The zero-order valence-corrected chi connectivity index (χ0v) is 16.5. The Morgan fingerprint density at radius 1 is 1.33 bits per heavy atom. The molecule has 6 atom stereocenters. The quantitative estimate of drug-likeness (QED) is 0.566. The summed E-state index contributed by atoms with van der Waals surface area (Å²) in [6.45, 7) is 7.69. The van der Waals surface area contributed by atoms with Gasteiger partial charge in [0.25, 0.3) is 0 Å². The van der Waals surface area contributed by atoms with Crippen LogP contribution in [0, 0.1) is 11.8 Å². The van der Waals surface area contributed by atoms with Gasteiger partial charge in [-0.15, -0.1) is 0 Å². The maximum atomic E-state index is 13.3. The fourth-order valence-electron chi connectivity index (χ4n) is 4.98. The number of fused-ring (bicyclic) bond motifs is 1. The van der Waals surface area contributed by atoms with Crippen LogP contribution < -0.4 is 10.6 Å². The molecular formula is C19H31N3O5. The van der Waals surface area contributed by atoms with Crippen LogP contribution in [-0.4, -0.2) is 70.7 Å². The SMILES string of the molecule is CCCNC(=O)[C@@H]1[C@H]2C(=O)N([C@H](C)CO)C(C(=O)NC(C)C)C23CC[C@H]1O3. The second kappa shape index (κ2) is 7.39. The zero-order valence-electron chi connectivity index (χ0n) is 16.5. The predicted octanol–water partition coefficient (Wildman–Crippen LogP) is -0.207. The lowest BCUT2D eigenvalue weighted by Crippen LogP contribution is -2.58. The Labute approximate surface area is 160 Å². The molecule has 8 nitrogen and oxygen atoms in total. The summed E-state index contributed by atoms with van der Waals surface area (Å²) >= 11 is 0. The highest BCUT2D eigenvalue weighted by Gasteiger charge is 2.74. The van der Waals surface area contributed by atoms with Crippen LogP contribution >= 0.6 is 0 Å². The minimum atomic E-state index is -0.988. The van der Waals surface area contributed by atoms with Crippen LogP contribution in [0.1, 0.15) is 47.0 Å². The number of aliphatic hydroxyl groups excluding tert-OH is 1. The second-order valence-electron chi connectivity index (χ2n) is 8.29. The van der Waals surface area contributed by atoms with Gasteiger partial charge >= 0.3 is 0 Å². The Hall–Kier alpha value is -1.67. The van der Waals surface area contributed by atoms with Crippen molar-refractivity contribution in [3.05, 3.63) is 0 Å². The van der Waals surface area contributed by atoms with E-state index >= 15 is 0 Å². The average Bonchev–Trinajstić information content (AvgIpc) is 3.25. The summed E-state index contributed by atoms with van der Waals surface area (Å²) in [6, 6.07) is -1.44. The van der Waals surface area contributed by atoms with E-state index in [9.17, 15) is 19.5 Å². The lowest BCUT2D eigenvalue weighted by Gasteiger charge is -2.35. The van der Waals surface area contributed by atoms with Gasteiger partial charge in [-0.3, -0.25) is 14.4 Å². The van der Waals surface area contributed by atoms with Crippen LogP contribution in [0.4, 0.5) is 0 Å². The molecule has 0 aromatic carbocycles. The fourth-order valence-corrected chi connectivity index (χ4v) is 4.98. The number of hydrogen-bond acceptors (Lipinski definition) is 5. The maximum Gasteiger partial charge on any atom is 0.246 e. The third-order valence-electron chi connectivity index (χ3n) is 6.01. The van der Waals surface area contributed by atoms with Crippen LogP contribution in [0.3, 0.4) is 0 Å². The van der Waals surface area contributed by atoms with Crippen LogP contribution in [0.2, 0.25) is 0 Å². The number of nitrogens with one attached hydrogen (secondary N) is 2. The van der Waals surface area contributed by atoms with Crippen LogP contribution in [-0.2, 0) is 19.1 Å². The van der Waals surface area contributed by atoms with Gasteiger partial charge in [-0.1, -0.05) is 6.92 Å². The summed E-state index contributed by atoms with van der Waals surface area (Å²) in [5.41, 5.74) is -0.988. The molecule has 3 fully saturated rings. The van der Waals surface area contributed by atoms with Gasteiger partial charge < -0.3 is 25.4 Å². The number of carbonyl (C=O) groups is 3. The summed E-state index contributed by atoms with van der Waals surface area (Å²) in [4.78, 5) is 40.6. The number of hydrogen-bond donors (Lipinski definition) is 3. The first kappa shape index (κ1) is 20.1. The Balaban J connectivity index is 1.98. The molecule has 2 bridgehead atoms. The van der Waals surface area contributed by atoms with Crippen molar-refractivity contribution >= 4 is 17.7 Å². The van der Waals surface area contributed by atoms with Crippen molar-refractivity contribution in [1.29, 1.82) is 0 Å². The van der Waals surface area contributed by atoms with Crippen molar-refractivity contribution < 1.29 is 24.2 Å². The number of ether oxygens (including phenoxy) is 1. The van der Waals surface area contributed by atoms with Crippen molar-refractivity contribution in [2.24, 2.45) is 11.8 Å². The monoisotopic (exact) mass is 381 g/mol. The van der Waals surface area contributed by atoms with Gasteiger partial charge in [0.1, 0.15) is 11.6 Å². The molecule has 27 heavy (non-hydrogen) atoms. The molecule has 3 aliphatic heterocycles. The number of nitrogens with zero attached hydrogens (tertiary/aromatic N) is 1. The van der Waals surface area contributed by atoms with Crippen molar-refractivity contribution in [1.82, 2.24) is 15.5 Å². The summed E-state index contributed by atoms with van der Waals surface area (Å²) in [7, 11) is 0. The highest BCUT2D eigenvalue weighted by Crippen LogP contribution is 2.58. The molecule has 2 unspecified atom stereocenters. The highest BCUT2D eigenvalue weighted by molar-refractivity contribution is 5.99. The normalized spacial score (nSPS) is 35.5. The van der Waals surface area contributed by atoms with Crippen molar-refractivity contribution in [2.45, 2.75) is 76.8 Å². The molecule has 0 aromatic heterocycles. The number of likely N-dealkylation sites (tertiary alicyclic amines) is 1. The first-order valence-corrected chi connectivity index (χ1v) is 9.97. The molecule has 0 aromatic rings. The maximum absolute atomic E-state index is 13.3. The summed E-state index contributed by atoms with van der Waals surface area (Å²) in [5, 5.41) is 15.4. The number of carbonyl (C=O) groups excluding carboxylic acids is 3. The molecule has 1 spiro atoms. The van der Waals surface area contributed by atoms with E-state index in [2.05, 4.69) is 10.6 Å². The average molecular weight is 381 g/mol. The smallest absolute Gasteiger partial charge is 0.246 e. The molecule has 3 rings (SSSR count). The topological polar surface area (TPSA) is 108 Å². The van der Waals surface area contributed by atoms with Gasteiger partial charge in [-0.2, -0.15) is 0 Å². The molecule has 3 saturated heterocycles. The lowest BCUT2D eigenvalue weighted by atomic mass is 9.70. The minimum absolute atomic E-state index is 0.0865. The van der Waals surface area contributed by atoms with E-state index in [0.717, 1.165) is 6.42 Å². The number of aliphatic hydroxyl groups is 1. The molecule has 3 heterocycles. The first-order chi connectivity index (χ1) is 12.8. The number of amides is 3.